The van der Waals surface area contributed by atoms with Crippen LogP contribution in [0.2, 0.25) is 0 Å². The zero-order chi connectivity index (χ0) is 16.8. The third kappa shape index (κ3) is 2.58. The number of benzene rings is 1. The topological polar surface area (TPSA) is 48.1 Å². The van der Waals surface area contributed by atoms with Gasteiger partial charge in [-0.15, -0.1) is 11.3 Å². The number of hydrogen-bond acceptors (Lipinski definition) is 3. The second-order valence-electron chi connectivity index (χ2n) is 6.96. The molecule has 1 saturated heterocycles. The molecule has 0 saturated carbocycles. The number of carbonyl (C=O) groups is 1. The molecule has 4 heterocycles. The van der Waals surface area contributed by atoms with E-state index in [0.717, 1.165) is 24.4 Å². The van der Waals surface area contributed by atoms with Gasteiger partial charge < -0.3 is 15.2 Å². The molecule has 1 atom stereocenters. The number of para-hydroxylation sites is 1. The summed E-state index contributed by atoms with van der Waals surface area (Å²) in [6.45, 7) is 2.56. The highest BCUT2D eigenvalue weighted by Crippen LogP contribution is 2.32. The Morgan fingerprint density at radius 2 is 2.12 bits per heavy atom. The molecule has 2 aliphatic rings. The second-order valence-corrected chi connectivity index (χ2v) is 8.07. The van der Waals surface area contributed by atoms with Crippen LogP contribution in [0, 0.1) is 0 Å². The van der Waals surface area contributed by atoms with Crippen LogP contribution < -0.4 is 5.32 Å². The highest BCUT2D eigenvalue weighted by atomic mass is 32.1. The molecule has 0 aliphatic carbocycles. The van der Waals surface area contributed by atoms with E-state index in [9.17, 15) is 4.79 Å². The van der Waals surface area contributed by atoms with E-state index in [-0.39, 0.29) is 5.91 Å². The Kier molecular flexibility index (Phi) is 3.64. The summed E-state index contributed by atoms with van der Waals surface area (Å²) in [4.78, 5) is 20.6. The number of hydrogen-bond donors (Lipinski definition) is 2. The van der Waals surface area contributed by atoms with Crippen molar-refractivity contribution in [1.29, 1.82) is 0 Å². The summed E-state index contributed by atoms with van der Waals surface area (Å²) >= 11 is 1.65. The Bertz CT molecular complexity index is 935. The summed E-state index contributed by atoms with van der Waals surface area (Å²) in [5, 5.41) is 4.81. The van der Waals surface area contributed by atoms with Crippen molar-refractivity contribution in [2.75, 3.05) is 13.1 Å². The number of fused-ring (bicyclic) bond motifs is 3. The van der Waals surface area contributed by atoms with Crippen LogP contribution in [-0.2, 0) is 13.0 Å². The van der Waals surface area contributed by atoms with Crippen molar-refractivity contribution in [2.45, 2.75) is 31.8 Å². The number of H-pyrrole nitrogens is 1. The molecule has 1 aromatic carbocycles. The molecule has 0 unspecified atom stereocenters. The molecule has 0 bridgehead atoms. The molecular formula is C20H21N3OS. The summed E-state index contributed by atoms with van der Waals surface area (Å²) in [6.07, 6.45) is 3.32. The first kappa shape index (κ1) is 15.2. The first-order valence-corrected chi connectivity index (χ1v) is 9.82. The zero-order valence-corrected chi connectivity index (χ0v) is 14.9. The minimum Gasteiger partial charge on any atom is -0.357 e. The standard InChI is InChI=1S/C20H21N3OS/c24-20(19-8-7-18(25-19)16-6-3-10-21-16)23-11-9-14-13-4-1-2-5-15(13)22-17(14)12-23/h1-2,4-5,7-8,16,21-22H,3,6,9-12H2/t16-/m0/s1. The molecule has 5 rings (SSSR count). The molecule has 2 aliphatic heterocycles. The number of aromatic nitrogens is 1. The van der Waals surface area contributed by atoms with Gasteiger partial charge in [-0.2, -0.15) is 0 Å². The average Bonchev–Trinajstić information content (AvgIpc) is 3.38. The Balaban J connectivity index is 1.38. The van der Waals surface area contributed by atoms with Gasteiger partial charge in [-0.1, -0.05) is 18.2 Å². The van der Waals surface area contributed by atoms with Crippen molar-refractivity contribution in [2.24, 2.45) is 0 Å². The van der Waals surface area contributed by atoms with Crippen molar-refractivity contribution >= 4 is 28.1 Å². The maximum atomic E-state index is 13.0. The normalized spacial score (nSPS) is 20.2. The van der Waals surface area contributed by atoms with E-state index < -0.39 is 0 Å². The molecule has 0 radical (unpaired) electrons. The van der Waals surface area contributed by atoms with E-state index in [1.807, 2.05) is 11.0 Å². The summed E-state index contributed by atoms with van der Waals surface area (Å²) in [7, 11) is 0. The van der Waals surface area contributed by atoms with Crippen molar-refractivity contribution in [3.05, 3.63) is 57.4 Å². The van der Waals surface area contributed by atoms with Crippen LogP contribution >= 0.6 is 11.3 Å². The summed E-state index contributed by atoms with van der Waals surface area (Å²) in [5.41, 5.74) is 3.74. The molecule has 25 heavy (non-hydrogen) atoms. The number of carbonyl (C=O) groups excluding carboxylic acids is 1. The van der Waals surface area contributed by atoms with Crippen LogP contribution in [-0.4, -0.2) is 28.9 Å². The molecular weight excluding hydrogens is 330 g/mol. The largest absolute Gasteiger partial charge is 0.357 e. The molecule has 128 valence electrons. The Hall–Kier alpha value is -2.11. The van der Waals surface area contributed by atoms with Gasteiger partial charge >= 0.3 is 0 Å². The molecule has 1 fully saturated rings. The number of nitrogens with one attached hydrogen (secondary N) is 2. The Morgan fingerprint density at radius 1 is 1.20 bits per heavy atom. The summed E-state index contributed by atoms with van der Waals surface area (Å²) < 4.78 is 0. The van der Waals surface area contributed by atoms with Gasteiger partial charge in [-0.05, 0) is 49.6 Å². The highest BCUT2D eigenvalue weighted by Gasteiger charge is 2.26. The highest BCUT2D eigenvalue weighted by molar-refractivity contribution is 7.14. The Morgan fingerprint density at radius 3 is 3.00 bits per heavy atom. The van der Waals surface area contributed by atoms with Gasteiger partial charge in [-0.3, -0.25) is 4.79 Å². The molecule has 3 aromatic rings. The van der Waals surface area contributed by atoms with E-state index >= 15 is 0 Å². The van der Waals surface area contributed by atoms with Crippen LogP contribution in [0.4, 0.5) is 0 Å². The first-order valence-electron chi connectivity index (χ1n) is 9.00. The fourth-order valence-corrected chi connectivity index (χ4v) is 5.19. The van der Waals surface area contributed by atoms with E-state index in [2.05, 4.69) is 40.6 Å². The average molecular weight is 351 g/mol. The monoisotopic (exact) mass is 351 g/mol. The van der Waals surface area contributed by atoms with Crippen LogP contribution in [0.1, 0.15) is 44.7 Å². The van der Waals surface area contributed by atoms with Crippen LogP contribution in [0.15, 0.2) is 36.4 Å². The van der Waals surface area contributed by atoms with Crippen LogP contribution in [0.5, 0.6) is 0 Å². The van der Waals surface area contributed by atoms with E-state index in [0.29, 0.717) is 12.6 Å². The lowest BCUT2D eigenvalue weighted by molar-refractivity contribution is 0.0738. The molecule has 4 nitrogen and oxygen atoms in total. The molecule has 2 aromatic heterocycles. The van der Waals surface area contributed by atoms with Gasteiger partial charge in [0.2, 0.25) is 0 Å². The van der Waals surface area contributed by atoms with Crippen LogP contribution in [0.25, 0.3) is 10.9 Å². The van der Waals surface area contributed by atoms with Gasteiger partial charge in [0.15, 0.2) is 0 Å². The number of nitrogens with zero attached hydrogens (tertiary/aromatic N) is 1. The van der Waals surface area contributed by atoms with Crippen molar-refractivity contribution < 1.29 is 4.79 Å². The van der Waals surface area contributed by atoms with Gasteiger partial charge in [0.25, 0.3) is 5.91 Å². The first-order chi connectivity index (χ1) is 12.3. The van der Waals surface area contributed by atoms with Crippen LogP contribution in [0.3, 0.4) is 0 Å². The van der Waals surface area contributed by atoms with E-state index in [4.69, 9.17) is 0 Å². The lowest BCUT2D eigenvalue weighted by Gasteiger charge is -2.26. The third-order valence-electron chi connectivity index (χ3n) is 5.41. The van der Waals surface area contributed by atoms with Gasteiger partial charge in [0.1, 0.15) is 0 Å². The smallest absolute Gasteiger partial charge is 0.264 e. The van der Waals surface area contributed by atoms with Gasteiger partial charge in [-0.25, -0.2) is 0 Å². The van der Waals surface area contributed by atoms with Gasteiger partial charge in [0, 0.05) is 34.1 Å². The maximum absolute atomic E-state index is 13.0. The number of aromatic amines is 1. The predicted molar refractivity (Wildman–Crippen MR) is 101 cm³/mol. The quantitative estimate of drug-likeness (QED) is 0.737. The fraction of sp³-hybridized carbons (Fsp3) is 0.350. The Labute approximate surface area is 150 Å². The lowest BCUT2D eigenvalue weighted by atomic mass is 10.0. The zero-order valence-electron chi connectivity index (χ0n) is 14.0. The second kappa shape index (κ2) is 6.00. The number of thiophene rings is 1. The molecule has 0 spiro atoms. The van der Waals surface area contributed by atoms with Crippen molar-refractivity contribution in [1.82, 2.24) is 15.2 Å². The minimum atomic E-state index is 0.165. The van der Waals surface area contributed by atoms with E-state index in [1.54, 1.807) is 11.3 Å². The predicted octanol–water partition coefficient (Wildman–Crippen LogP) is 3.85. The molecule has 2 N–H and O–H groups in total. The summed E-state index contributed by atoms with van der Waals surface area (Å²) in [5.74, 6) is 0.165. The maximum Gasteiger partial charge on any atom is 0.264 e. The third-order valence-corrected chi connectivity index (χ3v) is 6.60. The number of amides is 1. The molecule has 1 amide bonds. The number of rotatable bonds is 2. The van der Waals surface area contributed by atoms with E-state index in [1.165, 1.54) is 39.9 Å². The lowest BCUT2D eigenvalue weighted by Crippen LogP contribution is -2.35. The minimum absolute atomic E-state index is 0.165. The fourth-order valence-electron chi connectivity index (χ4n) is 4.10. The van der Waals surface area contributed by atoms with Crippen molar-refractivity contribution in [3.63, 3.8) is 0 Å². The summed E-state index contributed by atoms with van der Waals surface area (Å²) in [6, 6.07) is 13.0. The van der Waals surface area contributed by atoms with Gasteiger partial charge in [0.05, 0.1) is 11.4 Å². The van der Waals surface area contributed by atoms with Crippen molar-refractivity contribution in [3.8, 4) is 0 Å². The SMILES string of the molecule is O=C(c1ccc([C@@H]2CCCN2)s1)N1CCc2c([nH]c3ccccc23)C1. The molecule has 5 heteroatoms.